The van der Waals surface area contributed by atoms with Gasteiger partial charge in [-0.25, -0.2) is 0 Å². The molecule has 1 fully saturated rings. The van der Waals surface area contributed by atoms with Gasteiger partial charge in [0, 0.05) is 6.61 Å². The van der Waals surface area contributed by atoms with Gasteiger partial charge in [0.1, 0.15) is 0 Å². The molecule has 0 aromatic carbocycles. The van der Waals surface area contributed by atoms with E-state index in [2.05, 4.69) is 5.32 Å². The fourth-order valence-electron chi connectivity index (χ4n) is 1.59. The molecule has 0 spiro atoms. The lowest BCUT2D eigenvalue weighted by atomic mass is 9.96. The lowest BCUT2D eigenvalue weighted by Crippen LogP contribution is -2.51. The van der Waals surface area contributed by atoms with E-state index >= 15 is 0 Å². The van der Waals surface area contributed by atoms with Crippen LogP contribution in [0.25, 0.3) is 0 Å². The van der Waals surface area contributed by atoms with Gasteiger partial charge in [-0.1, -0.05) is 6.92 Å². The minimum Gasteiger partial charge on any atom is -0.394 e. The minimum absolute atomic E-state index is 0.00750. The Hall–Kier alpha value is -0.610. The van der Waals surface area contributed by atoms with E-state index in [4.69, 9.17) is 4.74 Å². The zero-order valence-electron chi connectivity index (χ0n) is 9.58. The molecule has 15 heavy (non-hydrogen) atoms. The maximum atomic E-state index is 11.8. The highest BCUT2D eigenvalue weighted by molar-refractivity contribution is 5.79. The summed E-state index contributed by atoms with van der Waals surface area (Å²) in [6.07, 6.45) is 2.56. The number of amides is 1. The summed E-state index contributed by atoms with van der Waals surface area (Å²) in [5.41, 5.74) is -0.492. The van der Waals surface area contributed by atoms with Crippen molar-refractivity contribution in [2.24, 2.45) is 5.92 Å². The Morgan fingerprint density at radius 3 is 2.87 bits per heavy atom. The predicted molar refractivity (Wildman–Crippen MR) is 57.5 cm³/mol. The topological polar surface area (TPSA) is 58.6 Å². The van der Waals surface area contributed by atoms with Crippen LogP contribution in [-0.2, 0) is 9.53 Å². The molecule has 1 rings (SSSR count). The predicted octanol–water partition coefficient (Wildman–Crippen LogP) is 0.690. The van der Waals surface area contributed by atoms with Crippen LogP contribution in [0, 0.1) is 5.92 Å². The second kappa shape index (κ2) is 5.47. The molecule has 0 bridgehead atoms. The van der Waals surface area contributed by atoms with Gasteiger partial charge in [-0.15, -0.1) is 0 Å². The van der Waals surface area contributed by atoms with Crippen LogP contribution in [0.4, 0.5) is 0 Å². The summed E-state index contributed by atoms with van der Waals surface area (Å²) >= 11 is 0. The second-order valence-electron chi connectivity index (χ2n) is 4.48. The number of aliphatic hydroxyl groups excluding tert-OH is 1. The standard InChI is InChI=1S/C11H21NO3/c1-3-11(2,8-13)12-10(14)9-5-4-6-15-7-9/h9,13H,3-8H2,1-2H3,(H,12,14). The molecular formula is C11H21NO3. The molecule has 0 aliphatic carbocycles. The Labute approximate surface area is 91.0 Å². The number of rotatable bonds is 4. The van der Waals surface area contributed by atoms with Crippen molar-refractivity contribution >= 4 is 5.91 Å². The van der Waals surface area contributed by atoms with E-state index in [-0.39, 0.29) is 18.4 Å². The molecular weight excluding hydrogens is 194 g/mol. The highest BCUT2D eigenvalue weighted by Gasteiger charge is 2.28. The molecule has 0 radical (unpaired) electrons. The average molecular weight is 215 g/mol. The summed E-state index contributed by atoms with van der Waals surface area (Å²) in [5.74, 6) is -0.0377. The molecule has 4 heteroatoms. The molecule has 1 aliphatic rings. The first kappa shape index (κ1) is 12.5. The van der Waals surface area contributed by atoms with Crippen molar-refractivity contribution < 1.29 is 14.6 Å². The maximum absolute atomic E-state index is 11.8. The Morgan fingerprint density at radius 1 is 1.67 bits per heavy atom. The van der Waals surface area contributed by atoms with Crippen LogP contribution in [0.5, 0.6) is 0 Å². The van der Waals surface area contributed by atoms with Crippen molar-refractivity contribution in [3.8, 4) is 0 Å². The molecule has 2 atom stereocenters. The Morgan fingerprint density at radius 2 is 2.40 bits per heavy atom. The maximum Gasteiger partial charge on any atom is 0.225 e. The lowest BCUT2D eigenvalue weighted by molar-refractivity contribution is -0.131. The number of hydrogen-bond donors (Lipinski definition) is 2. The smallest absolute Gasteiger partial charge is 0.225 e. The van der Waals surface area contributed by atoms with Gasteiger partial charge in [-0.2, -0.15) is 0 Å². The quantitative estimate of drug-likeness (QED) is 0.725. The van der Waals surface area contributed by atoms with Gasteiger partial charge in [0.15, 0.2) is 0 Å². The van der Waals surface area contributed by atoms with Gasteiger partial charge in [0.05, 0.1) is 24.7 Å². The number of carbonyl (C=O) groups is 1. The van der Waals surface area contributed by atoms with Crippen LogP contribution in [0.1, 0.15) is 33.1 Å². The number of nitrogens with one attached hydrogen (secondary N) is 1. The summed E-state index contributed by atoms with van der Waals surface area (Å²) in [5, 5.41) is 12.1. The molecule has 0 aromatic heterocycles. The van der Waals surface area contributed by atoms with Gasteiger partial charge in [-0.3, -0.25) is 4.79 Å². The fraction of sp³-hybridized carbons (Fsp3) is 0.909. The molecule has 2 unspecified atom stereocenters. The molecule has 88 valence electrons. The van der Waals surface area contributed by atoms with E-state index in [1.54, 1.807) is 0 Å². The molecule has 1 heterocycles. The number of ether oxygens (including phenoxy) is 1. The highest BCUT2D eigenvalue weighted by atomic mass is 16.5. The summed E-state index contributed by atoms with van der Waals surface area (Å²) in [7, 11) is 0. The van der Waals surface area contributed by atoms with Crippen LogP contribution in [-0.4, -0.2) is 36.4 Å². The van der Waals surface area contributed by atoms with Crippen molar-refractivity contribution in [2.75, 3.05) is 19.8 Å². The van der Waals surface area contributed by atoms with Gasteiger partial charge in [-0.05, 0) is 26.2 Å². The first-order valence-electron chi connectivity index (χ1n) is 5.62. The zero-order valence-corrected chi connectivity index (χ0v) is 9.58. The SMILES string of the molecule is CCC(C)(CO)NC(=O)C1CCCOC1. The summed E-state index contributed by atoms with van der Waals surface area (Å²) < 4.78 is 5.26. The normalized spacial score (nSPS) is 25.7. The third-order valence-electron chi connectivity index (χ3n) is 3.09. The molecule has 1 aliphatic heterocycles. The first-order valence-corrected chi connectivity index (χ1v) is 5.62. The molecule has 0 aromatic rings. The summed E-state index contributed by atoms with van der Waals surface area (Å²) in [6.45, 7) is 5.05. The number of aliphatic hydroxyl groups is 1. The van der Waals surface area contributed by atoms with E-state index in [0.717, 1.165) is 25.9 Å². The van der Waals surface area contributed by atoms with Crippen LogP contribution in [0.2, 0.25) is 0 Å². The van der Waals surface area contributed by atoms with E-state index in [1.165, 1.54) is 0 Å². The van der Waals surface area contributed by atoms with Crippen molar-refractivity contribution in [3.63, 3.8) is 0 Å². The number of hydrogen-bond acceptors (Lipinski definition) is 3. The van der Waals surface area contributed by atoms with Crippen molar-refractivity contribution in [3.05, 3.63) is 0 Å². The monoisotopic (exact) mass is 215 g/mol. The summed E-state index contributed by atoms with van der Waals surface area (Å²) in [6, 6.07) is 0. The summed E-state index contributed by atoms with van der Waals surface area (Å²) in [4.78, 5) is 11.8. The van der Waals surface area contributed by atoms with E-state index in [1.807, 2.05) is 13.8 Å². The first-order chi connectivity index (χ1) is 7.11. The van der Waals surface area contributed by atoms with E-state index in [0.29, 0.717) is 6.61 Å². The minimum atomic E-state index is -0.492. The van der Waals surface area contributed by atoms with E-state index < -0.39 is 5.54 Å². The zero-order chi connectivity index (χ0) is 11.3. The molecule has 0 saturated carbocycles. The number of carbonyl (C=O) groups excluding carboxylic acids is 1. The van der Waals surface area contributed by atoms with Crippen LogP contribution in [0.3, 0.4) is 0 Å². The molecule has 1 amide bonds. The van der Waals surface area contributed by atoms with Gasteiger partial charge < -0.3 is 15.2 Å². The van der Waals surface area contributed by atoms with Crippen molar-refractivity contribution in [1.29, 1.82) is 0 Å². The molecule has 1 saturated heterocycles. The Bertz CT molecular complexity index is 208. The Balaban J connectivity index is 2.46. The average Bonchev–Trinajstić information content (AvgIpc) is 2.30. The second-order valence-corrected chi connectivity index (χ2v) is 4.48. The van der Waals surface area contributed by atoms with Crippen LogP contribution in [0.15, 0.2) is 0 Å². The molecule has 4 nitrogen and oxygen atoms in total. The van der Waals surface area contributed by atoms with E-state index in [9.17, 15) is 9.90 Å². The van der Waals surface area contributed by atoms with Gasteiger partial charge >= 0.3 is 0 Å². The van der Waals surface area contributed by atoms with Gasteiger partial charge in [0.2, 0.25) is 5.91 Å². The molecule has 2 N–H and O–H groups in total. The third-order valence-corrected chi connectivity index (χ3v) is 3.09. The Kier molecular flexibility index (Phi) is 4.54. The van der Waals surface area contributed by atoms with Gasteiger partial charge in [0.25, 0.3) is 0 Å². The van der Waals surface area contributed by atoms with Crippen molar-refractivity contribution in [1.82, 2.24) is 5.32 Å². The highest BCUT2D eigenvalue weighted by Crippen LogP contribution is 2.16. The third kappa shape index (κ3) is 3.47. The van der Waals surface area contributed by atoms with Crippen molar-refractivity contribution in [2.45, 2.75) is 38.6 Å². The van der Waals surface area contributed by atoms with Crippen LogP contribution < -0.4 is 5.32 Å². The fourth-order valence-corrected chi connectivity index (χ4v) is 1.59. The van der Waals surface area contributed by atoms with Crippen LogP contribution >= 0.6 is 0 Å². The largest absolute Gasteiger partial charge is 0.394 e. The lowest BCUT2D eigenvalue weighted by Gasteiger charge is -2.30.